The van der Waals surface area contributed by atoms with Crippen LogP contribution in [0.5, 0.6) is 0 Å². The molecule has 0 saturated carbocycles. The molecule has 2 N–H and O–H groups in total. The standard InChI is InChI=1S/C17H27NO2/c1-4-14-5-7-15(8-6-14)9-10-17(20)18-16(11-12-19)13(2)3/h5-8,13,16,19H,4,9-12H2,1-3H3,(H,18,20). The lowest BCUT2D eigenvalue weighted by Gasteiger charge is -2.21. The minimum absolute atomic E-state index is 0.0648. The normalized spacial score (nSPS) is 12.4. The Bertz CT molecular complexity index is 398. The van der Waals surface area contributed by atoms with E-state index in [4.69, 9.17) is 5.11 Å². The molecule has 0 heterocycles. The quantitative estimate of drug-likeness (QED) is 0.767. The summed E-state index contributed by atoms with van der Waals surface area (Å²) in [5.41, 5.74) is 2.52. The molecule has 0 saturated heterocycles. The zero-order chi connectivity index (χ0) is 15.0. The van der Waals surface area contributed by atoms with Gasteiger partial charge in [-0.25, -0.2) is 0 Å². The fourth-order valence-corrected chi connectivity index (χ4v) is 2.19. The van der Waals surface area contributed by atoms with Gasteiger partial charge >= 0.3 is 0 Å². The Balaban J connectivity index is 2.41. The molecule has 1 aromatic rings. The summed E-state index contributed by atoms with van der Waals surface area (Å²) < 4.78 is 0. The van der Waals surface area contributed by atoms with Crippen molar-refractivity contribution in [2.45, 2.75) is 52.5 Å². The van der Waals surface area contributed by atoms with Crippen molar-refractivity contribution >= 4 is 5.91 Å². The van der Waals surface area contributed by atoms with Crippen molar-refractivity contribution in [1.82, 2.24) is 5.32 Å². The number of amides is 1. The number of nitrogens with one attached hydrogen (secondary N) is 1. The molecule has 0 aliphatic heterocycles. The molecular weight excluding hydrogens is 250 g/mol. The summed E-state index contributed by atoms with van der Waals surface area (Å²) in [5, 5.41) is 12.0. The number of aryl methyl sites for hydroxylation is 2. The summed E-state index contributed by atoms with van der Waals surface area (Å²) in [7, 11) is 0. The molecule has 0 aliphatic rings. The maximum atomic E-state index is 11.9. The lowest BCUT2D eigenvalue weighted by Crippen LogP contribution is -2.39. The highest BCUT2D eigenvalue weighted by Gasteiger charge is 2.15. The molecule has 112 valence electrons. The van der Waals surface area contributed by atoms with Crippen molar-refractivity contribution in [2.24, 2.45) is 5.92 Å². The van der Waals surface area contributed by atoms with E-state index >= 15 is 0 Å². The molecular formula is C17H27NO2. The minimum atomic E-state index is 0.0648. The molecule has 0 aromatic heterocycles. The lowest BCUT2D eigenvalue weighted by molar-refractivity contribution is -0.122. The van der Waals surface area contributed by atoms with Gasteiger partial charge in [-0.15, -0.1) is 0 Å². The fourth-order valence-electron chi connectivity index (χ4n) is 2.19. The Hall–Kier alpha value is -1.35. The molecule has 0 radical (unpaired) electrons. The van der Waals surface area contributed by atoms with Crippen LogP contribution in [-0.2, 0) is 17.6 Å². The van der Waals surface area contributed by atoms with E-state index in [1.54, 1.807) is 0 Å². The SMILES string of the molecule is CCc1ccc(CCC(=O)NC(CCO)C(C)C)cc1. The number of hydrogen-bond acceptors (Lipinski definition) is 2. The average molecular weight is 277 g/mol. The molecule has 20 heavy (non-hydrogen) atoms. The van der Waals surface area contributed by atoms with E-state index in [1.807, 2.05) is 0 Å². The molecule has 1 aromatic carbocycles. The molecule has 1 unspecified atom stereocenters. The maximum absolute atomic E-state index is 11.9. The Labute approximate surface area is 122 Å². The van der Waals surface area contributed by atoms with Crippen LogP contribution in [0, 0.1) is 5.92 Å². The van der Waals surface area contributed by atoms with Gasteiger partial charge in [-0.2, -0.15) is 0 Å². The van der Waals surface area contributed by atoms with Gasteiger partial charge in [0.05, 0.1) is 0 Å². The molecule has 1 atom stereocenters. The van der Waals surface area contributed by atoms with Crippen molar-refractivity contribution in [3.63, 3.8) is 0 Å². The lowest BCUT2D eigenvalue weighted by atomic mass is 10.0. The smallest absolute Gasteiger partial charge is 0.220 e. The summed E-state index contributed by atoms with van der Waals surface area (Å²) in [6.07, 6.45) is 2.92. The van der Waals surface area contributed by atoms with E-state index in [9.17, 15) is 4.79 Å². The number of hydrogen-bond donors (Lipinski definition) is 2. The minimum Gasteiger partial charge on any atom is -0.396 e. The van der Waals surface area contributed by atoms with Crippen LogP contribution in [-0.4, -0.2) is 23.7 Å². The number of carbonyl (C=O) groups is 1. The second-order valence-electron chi connectivity index (χ2n) is 5.60. The Kier molecular flexibility index (Phi) is 7.31. The zero-order valence-electron chi connectivity index (χ0n) is 12.9. The van der Waals surface area contributed by atoms with Crippen LogP contribution in [0.3, 0.4) is 0 Å². The third-order valence-corrected chi connectivity index (χ3v) is 3.66. The highest BCUT2D eigenvalue weighted by Crippen LogP contribution is 2.09. The second kappa shape index (κ2) is 8.75. The summed E-state index contributed by atoms with van der Waals surface area (Å²) in [6, 6.07) is 8.50. The summed E-state index contributed by atoms with van der Waals surface area (Å²) in [4.78, 5) is 11.9. The summed E-state index contributed by atoms with van der Waals surface area (Å²) in [5.74, 6) is 0.409. The molecule has 0 spiro atoms. The van der Waals surface area contributed by atoms with E-state index in [0.29, 0.717) is 18.8 Å². The first-order valence-corrected chi connectivity index (χ1v) is 7.54. The Morgan fingerprint density at radius 1 is 1.20 bits per heavy atom. The van der Waals surface area contributed by atoms with Crippen LogP contribution in [0.2, 0.25) is 0 Å². The first-order valence-electron chi connectivity index (χ1n) is 7.54. The van der Waals surface area contributed by atoms with Gasteiger partial charge in [0.1, 0.15) is 0 Å². The predicted octanol–water partition coefficient (Wildman–Crippen LogP) is 2.70. The van der Waals surface area contributed by atoms with E-state index in [0.717, 1.165) is 12.8 Å². The van der Waals surface area contributed by atoms with E-state index in [2.05, 4.69) is 50.4 Å². The molecule has 1 amide bonds. The van der Waals surface area contributed by atoms with Crippen molar-refractivity contribution < 1.29 is 9.90 Å². The first kappa shape index (κ1) is 16.7. The largest absolute Gasteiger partial charge is 0.396 e. The number of aliphatic hydroxyl groups excluding tert-OH is 1. The maximum Gasteiger partial charge on any atom is 0.220 e. The molecule has 0 bridgehead atoms. The van der Waals surface area contributed by atoms with E-state index < -0.39 is 0 Å². The van der Waals surface area contributed by atoms with Crippen LogP contribution < -0.4 is 5.32 Å². The van der Waals surface area contributed by atoms with Gasteiger partial charge in [0.2, 0.25) is 5.91 Å². The second-order valence-corrected chi connectivity index (χ2v) is 5.60. The van der Waals surface area contributed by atoms with Gasteiger partial charge in [0.25, 0.3) is 0 Å². The monoisotopic (exact) mass is 277 g/mol. The molecule has 0 aliphatic carbocycles. The van der Waals surface area contributed by atoms with Crippen molar-refractivity contribution in [2.75, 3.05) is 6.61 Å². The van der Waals surface area contributed by atoms with Gasteiger partial charge < -0.3 is 10.4 Å². The van der Waals surface area contributed by atoms with Crippen molar-refractivity contribution in [3.05, 3.63) is 35.4 Å². The predicted molar refractivity (Wildman–Crippen MR) is 82.6 cm³/mol. The number of carbonyl (C=O) groups excluding carboxylic acids is 1. The molecule has 3 heteroatoms. The summed E-state index contributed by atoms with van der Waals surface area (Å²) >= 11 is 0. The van der Waals surface area contributed by atoms with Crippen LogP contribution in [0.1, 0.15) is 44.7 Å². The van der Waals surface area contributed by atoms with Crippen molar-refractivity contribution in [3.8, 4) is 0 Å². The third-order valence-electron chi connectivity index (χ3n) is 3.66. The highest BCUT2D eigenvalue weighted by molar-refractivity contribution is 5.76. The molecule has 0 fully saturated rings. The number of rotatable bonds is 8. The zero-order valence-corrected chi connectivity index (χ0v) is 12.9. The average Bonchev–Trinajstić information content (AvgIpc) is 2.45. The van der Waals surface area contributed by atoms with Crippen LogP contribution in [0.4, 0.5) is 0 Å². The molecule has 3 nitrogen and oxygen atoms in total. The van der Waals surface area contributed by atoms with Gasteiger partial charge in [0, 0.05) is 19.1 Å². The van der Waals surface area contributed by atoms with Crippen LogP contribution in [0.25, 0.3) is 0 Å². The van der Waals surface area contributed by atoms with Gasteiger partial charge in [-0.3, -0.25) is 4.79 Å². The Morgan fingerprint density at radius 2 is 1.80 bits per heavy atom. The third kappa shape index (κ3) is 5.74. The van der Waals surface area contributed by atoms with Crippen molar-refractivity contribution in [1.29, 1.82) is 0 Å². The number of benzene rings is 1. The first-order chi connectivity index (χ1) is 9.56. The fraction of sp³-hybridized carbons (Fsp3) is 0.588. The van der Waals surface area contributed by atoms with Gasteiger partial charge in [-0.05, 0) is 36.3 Å². The van der Waals surface area contributed by atoms with Gasteiger partial charge in [-0.1, -0.05) is 45.0 Å². The van der Waals surface area contributed by atoms with Crippen LogP contribution >= 0.6 is 0 Å². The molecule has 1 rings (SSSR count). The van der Waals surface area contributed by atoms with Crippen LogP contribution in [0.15, 0.2) is 24.3 Å². The number of aliphatic hydroxyl groups is 1. The van der Waals surface area contributed by atoms with Gasteiger partial charge in [0.15, 0.2) is 0 Å². The Morgan fingerprint density at radius 3 is 2.30 bits per heavy atom. The van der Waals surface area contributed by atoms with E-state index in [-0.39, 0.29) is 18.6 Å². The topological polar surface area (TPSA) is 49.3 Å². The highest BCUT2D eigenvalue weighted by atomic mass is 16.3. The van der Waals surface area contributed by atoms with E-state index in [1.165, 1.54) is 11.1 Å². The summed E-state index contributed by atoms with van der Waals surface area (Å²) in [6.45, 7) is 6.37.